The number of nitrogens with zero attached hydrogens (tertiary/aromatic N) is 2. The zero-order valence-corrected chi connectivity index (χ0v) is 15.3. The lowest BCUT2D eigenvalue weighted by molar-refractivity contribution is -0.0134. The SMILES string of the molecule is Cc1c(Nc2ccc(S)cc2F)ncnc1OC1CC2COCC(C1)N2. The van der Waals surface area contributed by atoms with Gasteiger partial charge in [-0.1, -0.05) is 0 Å². The van der Waals surface area contributed by atoms with Gasteiger partial charge in [-0.2, -0.15) is 0 Å². The van der Waals surface area contributed by atoms with Gasteiger partial charge in [0.2, 0.25) is 5.88 Å². The predicted octanol–water partition coefficient (Wildman–Crippen LogP) is 2.85. The van der Waals surface area contributed by atoms with Crippen LogP contribution in [0.4, 0.5) is 15.9 Å². The summed E-state index contributed by atoms with van der Waals surface area (Å²) in [4.78, 5) is 9.07. The molecule has 138 valence electrons. The summed E-state index contributed by atoms with van der Waals surface area (Å²) in [5.41, 5.74) is 1.09. The van der Waals surface area contributed by atoms with Crippen LogP contribution in [0.5, 0.6) is 5.88 Å². The molecule has 0 saturated carbocycles. The Kier molecular flexibility index (Phi) is 4.97. The number of anilines is 2. The molecule has 6 nitrogen and oxygen atoms in total. The van der Waals surface area contributed by atoms with Gasteiger partial charge in [0.05, 0.1) is 24.5 Å². The predicted molar refractivity (Wildman–Crippen MR) is 98.9 cm³/mol. The Balaban J connectivity index is 1.50. The van der Waals surface area contributed by atoms with Gasteiger partial charge in [-0.15, -0.1) is 12.6 Å². The van der Waals surface area contributed by atoms with Crippen molar-refractivity contribution < 1.29 is 13.9 Å². The number of morpholine rings is 1. The first-order valence-electron chi connectivity index (χ1n) is 8.66. The lowest BCUT2D eigenvalue weighted by atomic mass is 9.95. The van der Waals surface area contributed by atoms with Crippen molar-refractivity contribution in [3.05, 3.63) is 35.9 Å². The molecule has 4 rings (SSSR count). The van der Waals surface area contributed by atoms with Crippen molar-refractivity contribution in [2.75, 3.05) is 18.5 Å². The molecule has 2 saturated heterocycles. The second kappa shape index (κ2) is 7.38. The van der Waals surface area contributed by atoms with E-state index in [1.165, 1.54) is 12.4 Å². The molecule has 2 aliphatic heterocycles. The fraction of sp³-hybridized carbons (Fsp3) is 0.444. The highest BCUT2D eigenvalue weighted by Crippen LogP contribution is 2.29. The number of ether oxygens (including phenoxy) is 2. The monoisotopic (exact) mass is 376 g/mol. The van der Waals surface area contributed by atoms with Crippen molar-refractivity contribution in [1.82, 2.24) is 15.3 Å². The Hall–Kier alpha value is -1.90. The van der Waals surface area contributed by atoms with Gasteiger partial charge >= 0.3 is 0 Å². The van der Waals surface area contributed by atoms with Gasteiger partial charge in [0, 0.05) is 29.8 Å². The average Bonchev–Trinajstić information content (AvgIpc) is 2.60. The number of fused-ring (bicyclic) bond motifs is 2. The maximum atomic E-state index is 14.1. The first-order chi connectivity index (χ1) is 12.6. The molecule has 1 aromatic carbocycles. The van der Waals surface area contributed by atoms with Crippen LogP contribution in [0, 0.1) is 12.7 Å². The second-order valence-electron chi connectivity index (χ2n) is 6.75. The first kappa shape index (κ1) is 17.5. The molecule has 26 heavy (non-hydrogen) atoms. The fourth-order valence-corrected chi connectivity index (χ4v) is 3.64. The van der Waals surface area contributed by atoms with Crippen LogP contribution < -0.4 is 15.4 Å². The molecule has 1 aromatic heterocycles. The van der Waals surface area contributed by atoms with E-state index in [9.17, 15) is 4.39 Å². The summed E-state index contributed by atoms with van der Waals surface area (Å²) >= 11 is 4.14. The molecule has 2 aliphatic rings. The second-order valence-corrected chi connectivity index (χ2v) is 7.27. The minimum atomic E-state index is -0.385. The third-order valence-corrected chi connectivity index (χ3v) is 5.00. The zero-order chi connectivity index (χ0) is 18.1. The van der Waals surface area contributed by atoms with E-state index < -0.39 is 0 Å². The van der Waals surface area contributed by atoms with Crippen LogP contribution in [0.25, 0.3) is 0 Å². The van der Waals surface area contributed by atoms with Crippen molar-refractivity contribution in [3.63, 3.8) is 0 Å². The van der Waals surface area contributed by atoms with Crippen LogP contribution in [0.3, 0.4) is 0 Å². The number of halogens is 1. The number of thiol groups is 1. The number of benzene rings is 1. The Morgan fingerprint density at radius 2 is 2.04 bits per heavy atom. The van der Waals surface area contributed by atoms with Crippen molar-refractivity contribution in [1.29, 1.82) is 0 Å². The lowest BCUT2D eigenvalue weighted by Crippen LogP contribution is -2.56. The standard InChI is InChI=1S/C18H21FN4O2S/c1-10-17(23-16-3-2-14(26)6-15(16)19)20-9-21-18(10)25-13-4-11-7-24-8-12(5-13)22-11/h2-3,6,9,11-13,22,26H,4-5,7-8H2,1H3,(H,20,21,23). The summed E-state index contributed by atoms with van der Waals surface area (Å²) in [7, 11) is 0. The Morgan fingerprint density at radius 1 is 1.27 bits per heavy atom. The molecular formula is C18H21FN4O2S. The maximum Gasteiger partial charge on any atom is 0.221 e. The smallest absolute Gasteiger partial charge is 0.221 e. The Morgan fingerprint density at radius 3 is 2.77 bits per heavy atom. The molecule has 0 amide bonds. The van der Waals surface area contributed by atoms with Gasteiger partial charge < -0.3 is 20.1 Å². The molecule has 0 radical (unpaired) electrons. The van der Waals surface area contributed by atoms with Crippen LogP contribution in [0.1, 0.15) is 18.4 Å². The van der Waals surface area contributed by atoms with Crippen LogP contribution in [-0.4, -0.2) is 41.4 Å². The average molecular weight is 376 g/mol. The fourth-order valence-electron chi connectivity index (χ4n) is 3.45. The highest BCUT2D eigenvalue weighted by Gasteiger charge is 2.33. The van der Waals surface area contributed by atoms with Gasteiger partial charge in [0.15, 0.2) is 0 Å². The molecule has 3 heterocycles. The molecular weight excluding hydrogens is 355 g/mol. The molecule has 2 atom stereocenters. The summed E-state index contributed by atoms with van der Waals surface area (Å²) in [6, 6.07) is 5.35. The van der Waals surface area contributed by atoms with E-state index >= 15 is 0 Å². The highest BCUT2D eigenvalue weighted by atomic mass is 32.1. The van der Waals surface area contributed by atoms with Crippen molar-refractivity contribution >= 4 is 24.1 Å². The van der Waals surface area contributed by atoms with Crippen LogP contribution in [0.2, 0.25) is 0 Å². The van der Waals surface area contributed by atoms with E-state index in [-0.39, 0.29) is 11.9 Å². The maximum absolute atomic E-state index is 14.1. The van der Waals surface area contributed by atoms with Gasteiger partial charge in [0.1, 0.15) is 24.1 Å². The van der Waals surface area contributed by atoms with Gasteiger partial charge in [0.25, 0.3) is 0 Å². The van der Waals surface area contributed by atoms with Gasteiger partial charge in [-0.25, -0.2) is 14.4 Å². The Labute approximate surface area is 156 Å². The lowest BCUT2D eigenvalue weighted by Gasteiger charge is -2.39. The van der Waals surface area contributed by atoms with Crippen LogP contribution >= 0.6 is 12.6 Å². The number of piperidine rings is 1. The molecule has 2 unspecified atom stereocenters. The number of aromatic nitrogens is 2. The summed E-state index contributed by atoms with van der Waals surface area (Å²) in [6.07, 6.45) is 3.26. The number of nitrogens with one attached hydrogen (secondary N) is 2. The molecule has 2 bridgehead atoms. The minimum Gasteiger partial charge on any atom is -0.474 e. The summed E-state index contributed by atoms with van der Waals surface area (Å²) in [5.74, 6) is 0.669. The summed E-state index contributed by atoms with van der Waals surface area (Å²) < 4.78 is 25.8. The Bertz CT molecular complexity index is 795. The van der Waals surface area contributed by atoms with Crippen molar-refractivity contribution in [2.45, 2.75) is 42.8 Å². The molecule has 0 aliphatic carbocycles. The molecule has 8 heteroatoms. The topological polar surface area (TPSA) is 68.3 Å². The number of hydrogen-bond donors (Lipinski definition) is 3. The third kappa shape index (κ3) is 3.77. The van der Waals surface area contributed by atoms with Crippen LogP contribution in [0.15, 0.2) is 29.4 Å². The van der Waals surface area contributed by atoms with E-state index in [0.29, 0.717) is 47.6 Å². The molecule has 2 aromatic rings. The van der Waals surface area contributed by atoms with E-state index in [1.807, 2.05) is 6.92 Å². The summed E-state index contributed by atoms with van der Waals surface area (Å²) in [5, 5.41) is 6.55. The quantitative estimate of drug-likeness (QED) is 0.713. The van der Waals surface area contributed by atoms with E-state index in [2.05, 4.69) is 33.2 Å². The number of hydrogen-bond acceptors (Lipinski definition) is 7. The zero-order valence-electron chi connectivity index (χ0n) is 14.4. The third-order valence-electron chi connectivity index (χ3n) is 4.73. The van der Waals surface area contributed by atoms with Crippen molar-refractivity contribution in [3.8, 4) is 5.88 Å². The van der Waals surface area contributed by atoms with Crippen LogP contribution in [-0.2, 0) is 4.74 Å². The normalized spacial score (nSPS) is 25.0. The van der Waals surface area contributed by atoms with E-state index in [4.69, 9.17) is 9.47 Å². The number of rotatable bonds is 4. The molecule has 0 spiro atoms. The highest BCUT2D eigenvalue weighted by molar-refractivity contribution is 7.80. The molecule has 2 fully saturated rings. The summed E-state index contributed by atoms with van der Waals surface area (Å²) in [6.45, 7) is 3.30. The largest absolute Gasteiger partial charge is 0.474 e. The van der Waals surface area contributed by atoms with Gasteiger partial charge in [-0.3, -0.25) is 0 Å². The minimum absolute atomic E-state index is 0.0804. The van der Waals surface area contributed by atoms with E-state index in [0.717, 1.165) is 18.4 Å². The van der Waals surface area contributed by atoms with E-state index in [1.54, 1.807) is 12.1 Å². The first-order valence-corrected chi connectivity index (χ1v) is 9.11. The van der Waals surface area contributed by atoms with Gasteiger partial charge in [-0.05, 0) is 25.1 Å². The van der Waals surface area contributed by atoms with Crippen molar-refractivity contribution in [2.24, 2.45) is 0 Å². The molecule has 2 N–H and O–H groups in total.